The number of halogens is 1. The van der Waals surface area contributed by atoms with Gasteiger partial charge in [0, 0.05) is 23.0 Å². The molecule has 3 heteroatoms. The summed E-state index contributed by atoms with van der Waals surface area (Å²) in [6.07, 6.45) is 2.16. The number of nitrogens with one attached hydrogen (secondary N) is 1. The van der Waals surface area contributed by atoms with Crippen molar-refractivity contribution in [2.45, 2.75) is 66.0 Å². The van der Waals surface area contributed by atoms with E-state index in [1.54, 1.807) is 0 Å². The van der Waals surface area contributed by atoms with Crippen molar-refractivity contribution in [3.8, 4) is 5.75 Å². The zero-order chi connectivity index (χ0) is 15.8. The highest BCUT2D eigenvalue weighted by atomic mass is 35.5. The Morgan fingerprint density at radius 3 is 2.67 bits per heavy atom. The molecule has 2 rings (SSSR count). The summed E-state index contributed by atoms with van der Waals surface area (Å²) in [6.45, 7) is 14.0. The third-order valence-electron chi connectivity index (χ3n) is 4.24. The Morgan fingerprint density at radius 1 is 1.38 bits per heavy atom. The summed E-state index contributed by atoms with van der Waals surface area (Å²) in [5.74, 6) is 1.71. The first-order chi connectivity index (χ1) is 9.71. The van der Waals surface area contributed by atoms with Crippen molar-refractivity contribution < 1.29 is 4.74 Å². The van der Waals surface area contributed by atoms with Crippen molar-refractivity contribution in [1.29, 1.82) is 0 Å². The lowest BCUT2D eigenvalue weighted by molar-refractivity contribution is 0.0655. The number of benzene rings is 1. The molecular formula is C18H28ClNO. The van der Waals surface area contributed by atoms with Gasteiger partial charge in [-0.2, -0.15) is 0 Å². The summed E-state index contributed by atoms with van der Waals surface area (Å²) in [5, 5.41) is 4.58. The molecule has 0 radical (unpaired) electrons. The average Bonchev–Trinajstić information content (AvgIpc) is 2.33. The SMILES string of the molecule is Cc1cc2c(c(C)c1Cl)C(NCCC(C)C)CC(C)(C)O2. The Morgan fingerprint density at radius 2 is 2.05 bits per heavy atom. The van der Waals surface area contributed by atoms with Crippen LogP contribution in [0, 0.1) is 19.8 Å². The predicted molar refractivity (Wildman–Crippen MR) is 90.4 cm³/mol. The number of rotatable bonds is 4. The van der Waals surface area contributed by atoms with E-state index in [1.807, 2.05) is 6.92 Å². The lowest BCUT2D eigenvalue weighted by atomic mass is 9.86. The molecule has 0 bridgehead atoms. The number of hydrogen-bond acceptors (Lipinski definition) is 2. The Labute approximate surface area is 134 Å². The fourth-order valence-electron chi connectivity index (χ4n) is 3.11. The largest absolute Gasteiger partial charge is 0.487 e. The van der Waals surface area contributed by atoms with Crippen LogP contribution in [0.25, 0.3) is 0 Å². The molecule has 2 nitrogen and oxygen atoms in total. The van der Waals surface area contributed by atoms with Crippen molar-refractivity contribution in [1.82, 2.24) is 5.32 Å². The normalized spacial score (nSPS) is 20.3. The van der Waals surface area contributed by atoms with E-state index >= 15 is 0 Å². The van der Waals surface area contributed by atoms with Gasteiger partial charge >= 0.3 is 0 Å². The Kier molecular flexibility index (Phi) is 4.89. The van der Waals surface area contributed by atoms with Crippen molar-refractivity contribution >= 4 is 11.6 Å². The van der Waals surface area contributed by atoms with E-state index in [0.717, 1.165) is 34.9 Å². The first-order valence-corrected chi connectivity index (χ1v) is 8.31. The highest BCUT2D eigenvalue weighted by Crippen LogP contribution is 2.44. The van der Waals surface area contributed by atoms with E-state index in [0.29, 0.717) is 12.0 Å². The van der Waals surface area contributed by atoms with E-state index in [1.165, 1.54) is 12.0 Å². The fraction of sp³-hybridized carbons (Fsp3) is 0.667. The third-order valence-corrected chi connectivity index (χ3v) is 4.82. The summed E-state index contributed by atoms with van der Waals surface area (Å²) in [7, 11) is 0. The summed E-state index contributed by atoms with van der Waals surface area (Å²) >= 11 is 6.45. The fourth-order valence-corrected chi connectivity index (χ4v) is 3.26. The van der Waals surface area contributed by atoms with Gasteiger partial charge in [-0.1, -0.05) is 25.4 Å². The molecule has 1 aromatic carbocycles. The van der Waals surface area contributed by atoms with Crippen LogP contribution in [-0.4, -0.2) is 12.1 Å². The van der Waals surface area contributed by atoms with E-state index in [2.05, 4.69) is 46.0 Å². The van der Waals surface area contributed by atoms with E-state index in [4.69, 9.17) is 16.3 Å². The number of hydrogen-bond donors (Lipinski definition) is 1. The highest BCUT2D eigenvalue weighted by Gasteiger charge is 2.35. The number of ether oxygens (including phenoxy) is 1. The number of aryl methyl sites for hydroxylation is 1. The standard InChI is InChI=1S/C18H28ClNO/c1-11(2)7-8-20-14-10-18(5,6)21-15-9-12(3)17(19)13(4)16(14)15/h9,11,14,20H,7-8,10H2,1-6H3. The molecule has 1 aliphatic rings. The van der Waals surface area contributed by atoms with Crippen molar-refractivity contribution in [3.05, 3.63) is 27.8 Å². The number of fused-ring (bicyclic) bond motifs is 1. The second-order valence-corrected chi connectivity index (χ2v) is 7.68. The Balaban J connectivity index is 2.33. The van der Waals surface area contributed by atoms with Gasteiger partial charge in [0.05, 0.1) is 0 Å². The molecule has 0 aromatic heterocycles. The van der Waals surface area contributed by atoms with E-state index in [9.17, 15) is 0 Å². The summed E-state index contributed by atoms with van der Waals surface area (Å²) in [4.78, 5) is 0. The van der Waals surface area contributed by atoms with Gasteiger partial charge in [0.25, 0.3) is 0 Å². The van der Waals surface area contributed by atoms with Crippen LogP contribution < -0.4 is 10.1 Å². The van der Waals surface area contributed by atoms with Crippen molar-refractivity contribution in [2.75, 3.05) is 6.54 Å². The second-order valence-electron chi connectivity index (χ2n) is 7.30. The predicted octanol–water partition coefficient (Wildman–Crippen LogP) is 5.19. The topological polar surface area (TPSA) is 21.3 Å². The molecule has 1 unspecified atom stereocenters. The molecule has 0 saturated carbocycles. The quantitative estimate of drug-likeness (QED) is 0.826. The summed E-state index contributed by atoms with van der Waals surface area (Å²) < 4.78 is 6.19. The minimum Gasteiger partial charge on any atom is -0.487 e. The Bertz CT molecular complexity index is 522. The molecule has 0 spiro atoms. The van der Waals surface area contributed by atoms with Crippen LogP contribution in [0.1, 0.15) is 63.3 Å². The first kappa shape index (κ1) is 16.6. The first-order valence-electron chi connectivity index (χ1n) is 7.93. The molecular weight excluding hydrogens is 282 g/mol. The molecule has 1 aliphatic heterocycles. The lowest BCUT2D eigenvalue weighted by Crippen LogP contribution is -2.40. The zero-order valence-electron chi connectivity index (χ0n) is 14.1. The molecule has 1 N–H and O–H groups in total. The van der Waals surface area contributed by atoms with Gasteiger partial charge in [-0.15, -0.1) is 0 Å². The van der Waals surface area contributed by atoms with Crippen LogP contribution in [0.15, 0.2) is 6.07 Å². The minimum atomic E-state index is -0.144. The van der Waals surface area contributed by atoms with Crippen LogP contribution in [0.3, 0.4) is 0 Å². The van der Waals surface area contributed by atoms with Crippen LogP contribution in [0.5, 0.6) is 5.75 Å². The van der Waals surface area contributed by atoms with Gasteiger partial charge in [-0.3, -0.25) is 0 Å². The van der Waals surface area contributed by atoms with Crippen LogP contribution in [-0.2, 0) is 0 Å². The molecule has 118 valence electrons. The van der Waals surface area contributed by atoms with E-state index in [-0.39, 0.29) is 5.60 Å². The van der Waals surface area contributed by atoms with Crippen LogP contribution >= 0.6 is 11.6 Å². The molecule has 0 aliphatic carbocycles. The molecule has 0 fully saturated rings. The molecule has 0 saturated heterocycles. The van der Waals surface area contributed by atoms with Gasteiger partial charge in [0.1, 0.15) is 11.4 Å². The third kappa shape index (κ3) is 3.73. The van der Waals surface area contributed by atoms with Gasteiger partial charge in [-0.25, -0.2) is 0 Å². The van der Waals surface area contributed by atoms with Crippen LogP contribution in [0.4, 0.5) is 0 Å². The highest BCUT2D eigenvalue weighted by molar-refractivity contribution is 6.32. The Hall–Kier alpha value is -0.730. The maximum Gasteiger partial charge on any atom is 0.125 e. The van der Waals surface area contributed by atoms with Crippen LogP contribution in [0.2, 0.25) is 5.02 Å². The maximum atomic E-state index is 6.45. The summed E-state index contributed by atoms with van der Waals surface area (Å²) in [6, 6.07) is 2.41. The average molecular weight is 310 g/mol. The van der Waals surface area contributed by atoms with E-state index < -0.39 is 0 Å². The molecule has 1 atom stereocenters. The zero-order valence-corrected chi connectivity index (χ0v) is 14.9. The molecule has 0 amide bonds. The van der Waals surface area contributed by atoms with Crippen molar-refractivity contribution in [3.63, 3.8) is 0 Å². The van der Waals surface area contributed by atoms with Gasteiger partial charge in [0.15, 0.2) is 0 Å². The van der Waals surface area contributed by atoms with Gasteiger partial charge in [0.2, 0.25) is 0 Å². The van der Waals surface area contributed by atoms with Gasteiger partial charge < -0.3 is 10.1 Å². The smallest absolute Gasteiger partial charge is 0.125 e. The maximum absolute atomic E-state index is 6.45. The molecule has 1 heterocycles. The summed E-state index contributed by atoms with van der Waals surface area (Å²) in [5.41, 5.74) is 3.35. The molecule has 21 heavy (non-hydrogen) atoms. The second kappa shape index (κ2) is 6.18. The minimum absolute atomic E-state index is 0.144. The lowest BCUT2D eigenvalue weighted by Gasteiger charge is -2.39. The van der Waals surface area contributed by atoms with Crippen molar-refractivity contribution in [2.24, 2.45) is 5.92 Å². The monoisotopic (exact) mass is 309 g/mol. The van der Waals surface area contributed by atoms with Gasteiger partial charge in [-0.05, 0) is 63.8 Å². The molecule has 1 aromatic rings.